The van der Waals surface area contributed by atoms with E-state index in [9.17, 15) is 4.79 Å². The topological polar surface area (TPSA) is 75.9 Å². The Balaban J connectivity index is 2.07. The van der Waals surface area contributed by atoms with E-state index in [2.05, 4.69) is 20.4 Å². The smallest absolute Gasteiger partial charge is 0.274 e. The molecule has 0 atom stereocenters. The standard InChI is InChI=1S/C13H18N6O/c1-4-15-12-7-14-6-11(17-12)13(20)18(2)8-10-5-16-19(3)9-10/h5-7,9H,4,8H2,1-3H3,(H,15,17). The Bertz CT molecular complexity index is 594. The zero-order valence-electron chi connectivity index (χ0n) is 11.9. The van der Waals surface area contributed by atoms with E-state index in [1.165, 1.54) is 6.20 Å². The normalized spacial score (nSPS) is 10.3. The second kappa shape index (κ2) is 6.14. The summed E-state index contributed by atoms with van der Waals surface area (Å²) in [4.78, 5) is 22.1. The zero-order chi connectivity index (χ0) is 14.5. The molecular weight excluding hydrogens is 256 g/mol. The third-order valence-corrected chi connectivity index (χ3v) is 2.74. The molecule has 0 bridgehead atoms. The summed E-state index contributed by atoms with van der Waals surface area (Å²) in [5.41, 5.74) is 1.30. The van der Waals surface area contributed by atoms with E-state index in [-0.39, 0.29) is 5.91 Å². The van der Waals surface area contributed by atoms with Gasteiger partial charge in [0.25, 0.3) is 5.91 Å². The van der Waals surface area contributed by atoms with Crippen molar-refractivity contribution in [3.8, 4) is 0 Å². The van der Waals surface area contributed by atoms with Crippen molar-refractivity contribution in [1.82, 2.24) is 24.6 Å². The number of amides is 1. The highest BCUT2D eigenvalue weighted by atomic mass is 16.2. The highest BCUT2D eigenvalue weighted by Crippen LogP contribution is 2.07. The van der Waals surface area contributed by atoms with Gasteiger partial charge in [0.1, 0.15) is 11.5 Å². The van der Waals surface area contributed by atoms with Crippen LogP contribution in [0.5, 0.6) is 0 Å². The fourth-order valence-electron chi connectivity index (χ4n) is 1.83. The number of carbonyl (C=O) groups excluding carboxylic acids is 1. The molecule has 0 unspecified atom stereocenters. The molecule has 0 radical (unpaired) electrons. The first-order valence-corrected chi connectivity index (χ1v) is 6.39. The van der Waals surface area contributed by atoms with Crippen molar-refractivity contribution >= 4 is 11.7 Å². The second-order valence-corrected chi connectivity index (χ2v) is 4.50. The molecule has 2 aromatic heterocycles. The fraction of sp³-hybridized carbons (Fsp3) is 0.385. The molecule has 0 spiro atoms. The van der Waals surface area contributed by atoms with Gasteiger partial charge in [-0.05, 0) is 6.92 Å². The molecule has 7 heteroatoms. The molecule has 0 saturated heterocycles. The number of rotatable bonds is 5. The number of aromatic nitrogens is 4. The summed E-state index contributed by atoms with van der Waals surface area (Å²) >= 11 is 0. The molecular formula is C13H18N6O. The molecule has 0 fully saturated rings. The van der Waals surface area contributed by atoms with Crippen molar-refractivity contribution in [2.75, 3.05) is 18.9 Å². The third-order valence-electron chi connectivity index (χ3n) is 2.74. The lowest BCUT2D eigenvalue weighted by molar-refractivity contribution is 0.0779. The lowest BCUT2D eigenvalue weighted by atomic mass is 10.3. The maximum absolute atomic E-state index is 12.3. The monoisotopic (exact) mass is 274 g/mol. The number of aryl methyl sites for hydroxylation is 1. The van der Waals surface area contributed by atoms with Gasteiger partial charge in [0.2, 0.25) is 0 Å². The van der Waals surface area contributed by atoms with Crippen LogP contribution in [0.4, 0.5) is 5.82 Å². The highest BCUT2D eigenvalue weighted by Gasteiger charge is 2.15. The molecule has 2 rings (SSSR count). The van der Waals surface area contributed by atoms with Gasteiger partial charge in [0.05, 0.1) is 18.6 Å². The number of hydrogen-bond acceptors (Lipinski definition) is 5. The minimum absolute atomic E-state index is 0.166. The first kappa shape index (κ1) is 14.0. The minimum Gasteiger partial charge on any atom is -0.369 e. The zero-order valence-corrected chi connectivity index (χ0v) is 11.9. The summed E-state index contributed by atoms with van der Waals surface area (Å²) in [7, 11) is 3.58. The molecule has 106 valence electrons. The molecule has 2 heterocycles. The summed E-state index contributed by atoms with van der Waals surface area (Å²) in [6.45, 7) is 3.18. The Morgan fingerprint density at radius 2 is 2.20 bits per heavy atom. The summed E-state index contributed by atoms with van der Waals surface area (Å²) in [5.74, 6) is 0.439. The van der Waals surface area contributed by atoms with Gasteiger partial charge in [0.15, 0.2) is 0 Å². The van der Waals surface area contributed by atoms with Crippen LogP contribution in [-0.2, 0) is 13.6 Å². The first-order valence-electron chi connectivity index (χ1n) is 6.39. The van der Waals surface area contributed by atoms with Gasteiger partial charge in [-0.25, -0.2) is 4.98 Å². The Morgan fingerprint density at radius 1 is 1.40 bits per heavy atom. The average Bonchev–Trinajstić information content (AvgIpc) is 2.84. The molecule has 1 amide bonds. The number of hydrogen-bond donors (Lipinski definition) is 1. The van der Waals surface area contributed by atoms with Crippen LogP contribution in [0.3, 0.4) is 0 Å². The van der Waals surface area contributed by atoms with Gasteiger partial charge in [-0.3, -0.25) is 14.5 Å². The third kappa shape index (κ3) is 3.31. The fourth-order valence-corrected chi connectivity index (χ4v) is 1.83. The molecule has 20 heavy (non-hydrogen) atoms. The maximum atomic E-state index is 12.3. The highest BCUT2D eigenvalue weighted by molar-refractivity contribution is 5.92. The molecule has 0 aliphatic carbocycles. The number of nitrogens with zero attached hydrogens (tertiary/aromatic N) is 5. The molecule has 0 aliphatic heterocycles. The van der Waals surface area contributed by atoms with Crippen LogP contribution < -0.4 is 5.32 Å². The summed E-state index contributed by atoms with van der Waals surface area (Å²) in [5, 5.41) is 7.12. The van der Waals surface area contributed by atoms with Crippen LogP contribution >= 0.6 is 0 Å². The first-order chi connectivity index (χ1) is 9.60. The molecule has 0 aliphatic rings. The second-order valence-electron chi connectivity index (χ2n) is 4.50. The van der Waals surface area contributed by atoms with E-state index in [1.54, 1.807) is 29.0 Å². The average molecular weight is 274 g/mol. The molecule has 0 saturated carbocycles. The van der Waals surface area contributed by atoms with E-state index in [0.717, 1.165) is 12.1 Å². The Morgan fingerprint density at radius 3 is 2.85 bits per heavy atom. The lowest BCUT2D eigenvalue weighted by Crippen LogP contribution is -2.27. The summed E-state index contributed by atoms with van der Waals surface area (Å²) in [6.07, 6.45) is 6.69. The lowest BCUT2D eigenvalue weighted by Gasteiger charge is -2.15. The number of carbonyl (C=O) groups is 1. The molecule has 1 N–H and O–H groups in total. The molecule has 2 aromatic rings. The van der Waals surface area contributed by atoms with E-state index in [1.807, 2.05) is 20.2 Å². The SMILES string of the molecule is CCNc1cncc(C(=O)N(C)Cc2cnn(C)c2)n1. The van der Waals surface area contributed by atoms with Crippen LogP contribution in [0, 0.1) is 0 Å². The van der Waals surface area contributed by atoms with Crippen LogP contribution in [0.1, 0.15) is 23.0 Å². The van der Waals surface area contributed by atoms with Crippen LogP contribution in [0.2, 0.25) is 0 Å². The van der Waals surface area contributed by atoms with Gasteiger partial charge in [0, 0.05) is 38.9 Å². The van der Waals surface area contributed by atoms with Crippen LogP contribution in [-0.4, -0.2) is 44.1 Å². The Labute approximate surface area is 117 Å². The van der Waals surface area contributed by atoms with Crippen LogP contribution in [0.15, 0.2) is 24.8 Å². The van der Waals surface area contributed by atoms with Gasteiger partial charge >= 0.3 is 0 Å². The molecule has 0 aromatic carbocycles. The summed E-state index contributed by atoms with van der Waals surface area (Å²) < 4.78 is 1.71. The predicted octanol–water partition coefficient (Wildman–Crippen LogP) is 0.914. The summed E-state index contributed by atoms with van der Waals surface area (Å²) in [6, 6.07) is 0. The van der Waals surface area contributed by atoms with Crippen molar-refractivity contribution in [2.45, 2.75) is 13.5 Å². The Hall–Kier alpha value is -2.44. The van der Waals surface area contributed by atoms with Gasteiger partial charge in [-0.15, -0.1) is 0 Å². The molecule has 7 nitrogen and oxygen atoms in total. The minimum atomic E-state index is -0.166. The van der Waals surface area contributed by atoms with Crippen molar-refractivity contribution in [3.05, 3.63) is 36.0 Å². The van der Waals surface area contributed by atoms with E-state index >= 15 is 0 Å². The van der Waals surface area contributed by atoms with Crippen molar-refractivity contribution in [1.29, 1.82) is 0 Å². The van der Waals surface area contributed by atoms with Crippen LogP contribution in [0.25, 0.3) is 0 Å². The number of anilines is 1. The quantitative estimate of drug-likeness (QED) is 0.877. The van der Waals surface area contributed by atoms with E-state index in [0.29, 0.717) is 18.1 Å². The van der Waals surface area contributed by atoms with Crippen molar-refractivity contribution in [2.24, 2.45) is 7.05 Å². The predicted molar refractivity (Wildman–Crippen MR) is 75.2 cm³/mol. The van der Waals surface area contributed by atoms with Gasteiger partial charge < -0.3 is 10.2 Å². The van der Waals surface area contributed by atoms with Crippen molar-refractivity contribution in [3.63, 3.8) is 0 Å². The number of nitrogens with one attached hydrogen (secondary N) is 1. The van der Waals surface area contributed by atoms with Gasteiger partial charge in [-0.1, -0.05) is 0 Å². The largest absolute Gasteiger partial charge is 0.369 e. The maximum Gasteiger partial charge on any atom is 0.274 e. The Kier molecular flexibility index (Phi) is 4.29. The van der Waals surface area contributed by atoms with Gasteiger partial charge in [-0.2, -0.15) is 5.10 Å². The van der Waals surface area contributed by atoms with E-state index in [4.69, 9.17) is 0 Å². The van der Waals surface area contributed by atoms with E-state index < -0.39 is 0 Å². The van der Waals surface area contributed by atoms with Crippen molar-refractivity contribution < 1.29 is 4.79 Å².